The van der Waals surface area contributed by atoms with Gasteiger partial charge in [-0.2, -0.15) is 5.26 Å². The Kier molecular flexibility index (Phi) is 22.5. The number of halogens is 4. The summed E-state index contributed by atoms with van der Waals surface area (Å²) in [6, 6.07) is 40.1. The average Bonchev–Trinajstić information content (AvgIpc) is 3.01. The largest absolute Gasteiger partial charge is 3.00 e. The Balaban J connectivity index is 0.00000144. The Hall–Kier alpha value is -3.30. The minimum absolute atomic E-state index is 0. The molecule has 0 bridgehead atoms. The predicted octanol–water partition coefficient (Wildman–Crippen LogP) is -1.59. The molecule has 0 saturated carbocycles. The number of hydrogen-bond donors (Lipinski definition) is 0. The summed E-state index contributed by atoms with van der Waals surface area (Å²) in [7, 11) is -9.89. The Bertz CT molecular complexity index is 1660. The normalized spacial score (nSPS) is 10.3. The van der Waals surface area contributed by atoms with Crippen molar-refractivity contribution in [1.29, 1.82) is 5.26 Å². The molecule has 1 radical (unpaired) electrons. The van der Waals surface area contributed by atoms with Gasteiger partial charge in [0.1, 0.15) is 0 Å². The summed E-state index contributed by atoms with van der Waals surface area (Å²) in [6.07, 6.45) is 0. The fraction of sp³-hybridized carbons (Fsp3) is 0.121. The monoisotopic (exact) mass is 825 g/mol. The van der Waals surface area contributed by atoms with Gasteiger partial charge in [0.15, 0.2) is 0 Å². The topological polar surface area (TPSA) is 270 Å². The quantitative estimate of drug-likeness (QED) is 0.127. The maximum atomic E-state index is 8.49. The predicted molar refractivity (Wildman–Crippen MR) is 165 cm³/mol. The first-order chi connectivity index (χ1) is 23.0. The van der Waals surface area contributed by atoms with Crippen LogP contribution < -0.4 is 37.3 Å². The fourth-order valence-electron chi connectivity index (χ4n) is 4.22. The first-order valence-corrected chi connectivity index (χ1v) is 17.0. The zero-order valence-electron chi connectivity index (χ0n) is 26.6. The van der Waals surface area contributed by atoms with Crippen LogP contribution in [0, 0.1) is 31.8 Å². The summed E-state index contributed by atoms with van der Waals surface area (Å²) < 4.78 is 67.9. The second-order valence-corrected chi connectivity index (χ2v) is 12.0. The van der Waals surface area contributed by atoms with Gasteiger partial charge in [0.05, 0.1) is 28.8 Å². The van der Waals surface area contributed by atoms with Crippen molar-refractivity contribution in [3.05, 3.63) is 142 Å². The van der Waals surface area contributed by atoms with Crippen LogP contribution in [0.25, 0.3) is 22.5 Å². The smallest absolute Gasteiger partial charge is 0.457 e. The van der Waals surface area contributed by atoms with Gasteiger partial charge < -0.3 is 5.48 Å². The summed E-state index contributed by atoms with van der Waals surface area (Å²) in [6.45, 7) is 3.59. The molecule has 0 aliphatic heterocycles. The van der Waals surface area contributed by atoms with Gasteiger partial charge in [0.2, 0.25) is 0 Å². The Morgan fingerprint density at radius 3 is 1.29 bits per heavy atom. The van der Waals surface area contributed by atoms with E-state index in [1.165, 1.54) is 12.5 Å². The fourth-order valence-corrected chi connectivity index (χ4v) is 4.60. The molecule has 0 saturated heterocycles. The van der Waals surface area contributed by atoms with E-state index in [1.54, 1.807) is 6.07 Å². The number of pyridine rings is 2. The molecule has 273 valence electrons. The van der Waals surface area contributed by atoms with Crippen LogP contribution in [-0.2, 0) is 41.6 Å². The van der Waals surface area contributed by atoms with Crippen LogP contribution >= 0.6 is 23.2 Å². The van der Waals surface area contributed by atoms with Gasteiger partial charge in [-0.15, -0.1) is 20.5 Å². The van der Waals surface area contributed by atoms with E-state index < -0.39 is 20.5 Å². The molecule has 0 spiro atoms. The number of nitrogens with zero attached hydrogens (tertiary/aromatic N) is 4. The maximum Gasteiger partial charge on any atom is 3.00 e. The zero-order valence-corrected chi connectivity index (χ0v) is 30.6. The first-order valence-electron chi connectivity index (χ1n) is 13.8. The Morgan fingerprint density at radius 2 is 0.941 bits per heavy atom. The average molecular weight is 828 g/mol. The van der Waals surface area contributed by atoms with E-state index >= 15 is 0 Å². The molecule has 51 heavy (non-hydrogen) atoms. The van der Waals surface area contributed by atoms with Crippen LogP contribution in [0.15, 0.2) is 115 Å². The summed E-state index contributed by atoms with van der Waals surface area (Å²) in [5.41, 5.74) is 7.08. The molecule has 0 aliphatic carbocycles. The molecule has 2 aromatic heterocycles. The zero-order chi connectivity index (χ0) is 36.5. The van der Waals surface area contributed by atoms with Gasteiger partial charge >= 0.3 is 16.5 Å². The molecular formula is C33H31Cl4N4NiO9+2. The van der Waals surface area contributed by atoms with Crippen LogP contribution in [0.1, 0.15) is 23.9 Å². The van der Waals surface area contributed by atoms with Crippen molar-refractivity contribution in [2.45, 2.75) is 26.6 Å². The molecule has 0 atom stereocenters. The van der Waals surface area contributed by atoms with Crippen molar-refractivity contribution in [3.8, 4) is 28.6 Å². The van der Waals surface area contributed by atoms with Crippen molar-refractivity contribution >= 4 is 23.2 Å². The van der Waals surface area contributed by atoms with Gasteiger partial charge in [0.25, 0.3) is 0 Å². The SMILES string of the molecule is CC#N.Clc1cccc(-c2cccc(CN(Cc3ccccc3)Cc3cccc(-c4cccc(Cl)c4)n3)n2)c1.[Ni+3].[O-][Cl+3]([O-])([O-])[O-].[O-][Cl+3]([O-])([O-])[O-].[OH3+]. The summed E-state index contributed by atoms with van der Waals surface area (Å²) in [4.78, 5) is 12.3. The third-order valence-electron chi connectivity index (χ3n) is 5.87. The van der Waals surface area contributed by atoms with E-state index in [2.05, 4.69) is 53.4 Å². The number of benzene rings is 3. The Morgan fingerprint density at radius 1 is 0.588 bits per heavy atom. The summed E-state index contributed by atoms with van der Waals surface area (Å²) in [5, 5.41) is 8.73. The molecule has 18 heteroatoms. The van der Waals surface area contributed by atoms with Crippen LogP contribution in [0.5, 0.6) is 0 Å². The van der Waals surface area contributed by atoms with Crippen LogP contribution in [0.3, 0.4) is 0 Å². The van der Waals surface area contributed by atoms with Gasteiger partial charge in [-0.05, 0) is 54.1 Å². The van der Waals surface area contributed by atoms with Crippen molar-refractivity contribution < 1.29 is 79.7 Å². The minimum Gasteiger partial charge on any atom is -0.457 e. The molecule has 0 fully saturated rings. The van der Waals surface area contributed by atoms with Crippen molar-refractivity contribution in [3.63, 3.8) is 0 Å². The molecule has 3 aromatic carbocycles. The molecule has 13 nitrogen and oxygen atoms in total. The van der Waals surface area contributed by atoms with Gasteiger partial charge in [-0.3, -0.25) is 14.9 Å². The molecule has 0 amide bonds. The van der Waals surface area contributed by atoms with E-state index in [1.807, 2.05) is 66.7 Å². The Labute approximate surface area is 319 Å². The van der Waals surface area contributed by atoms with Crippen LogP contribution in [0.2, 0.25) is 10.0 Å². The minimum atomic E-state index is -4.94. The number of aromatic nitrogens is 2. The van der Waals surface area contributed by atoms with Crippen molar-refractivity contribution in [2.24, 2.45) is 0 Å². The van der Waals surface area contributed by atoms with E-state index in [4.69, 9.17) is 75.7 Å². The second kappa shape index (κ2) is 24.0. The van der Waals surface area contributed by atoms with Gasteiger partial charge in [-0.1, -0.05) is 89.9 Å². The standard InChI is InChI=1S/C31H25Cl2N3.C2H3N.2ClHO4.Ni.H2O/c32-26-12-4-10-24(18-26)30-16-6-14-28(34-30)21-36(20-23-8-2-1-3-9-23)22-29-15-7-17-31(35-29)25-11-5-13-27(33)19-25;1-2-3;2*2-1(3,4)5;;/h1-19H,20-22H2;1H3;2*(H,2,3,4,5);;1H2/q;;;;+3;/p-1. The first kappa shape index (κ1) is 47.7. The summed E-state index contributed by atoms with van der Waals surface area (Å²) >= 11 is 12.4. The molecule has 5 rings (SSSR count). The molecule has 2 heterocycles. The maximum absolute atomic E-state index is 8.49. The van der Waals surface area contributed by atoms with E-state index in [0.29, 0.717) is 23.1 Å². The molecule has 0 aliphatic rings. The molecule has 0 unspecified atom stereocenters. The number of nitriles is 1. The third-order valence-corrected chi connectivity index (χ3v) is 6.34. The van der Waals surface area contributed by atoms with Crippen molar-refractivity contribution in [1.82, 2.24) is 14.9 Å². The van der Waals surface area contributed by atoms with E-state index in [-0.39, 0.29) is 22.0 Å². The summed E-state index contributed by atoms with van der Waals surface area (Å²) in [5.74, 6) is 0. The van der Waals surface area contributed by atoms with Gasteiger partial charge in [-0.25, -0.2) is 37.3 Å². The van der Waals surface area contributed by atoms with E-state index in [0.717, 1.165) is 40.4 Å². The van der Waals surface area contributed by atoms with Crippen molar-refractivity contribution in [2.75, 3.05) is 0 Å². The van der Waals surface area contributed by atoms with Crippen LogP contribution in [0.4, 0.5) is 0 Å². The molecule has 3 N–H and O–H groups in total. The van der Waals surface area contributed by atoms with Crippen LogP contribution in [-0.4, -0.2) is 14.9 Å². The number of hydrogen-bond acceptors (Lipinski definition) is 12. The van der Waals surface area contributed by atoms with E-state index in [9.17, 15) is 0 Å². The van der Waals surface area contributed by atoms with Gasteiger partial charge in [0, 0.05) is 47.7 Å². The number of rotatable bonds is 8. The molecular weight excluding hydrogens is 797 g/mol. The third kappa shape index (κ3) is 22.3. The second-order valence-electron chi connectivity index (χ2n) is 9.66. The molecule has 5 aromatic rings.